The third kappa shape index (κ3) is 3.39. The van der Waals surface area contributed by atoms with E-state index in [0.717, 1.165) is 0 Å². The molecule has 0 aromatic heterocycles. The SMILES string of the molecule is C=C([C](=O)[RaH])C(F)(F)F. The molecule has 0 saturated carbocycles. The van der Waals surface area contributed by atoms with Crippen LogP contribution in [0.2, 0.25) is 0 Å². The molecule has 0 unspecified atom stereocenters. The van der Waals surface area contributed by atoms with Crippen molar-refractivity contribution in [2.45, 2.75) is 6.18 Å². The molecule has 0 rings (SSSR count). The van der Waals surface area contributed by atoms with Gasteiger partial charge >= 0.3 is 79.9 Å². The van der Waals surface area contributed by atoms with E-state index in [1.807, 2.05) is 0 Å². The van der Waals surface area contributed by atoms with E-state index in [1.54, 1.807) is 0 Å². The first-order chi connectivity index (χ1) is 3.85. The third-order valence-electron chi connectivity index (χ3n) is 0.767. The van der Waals surface area contributed by atoms with Gasteiger partial charge in [0.1, 0.15) is 0 Å². The zero-order chi connectivity index (χ0) is 7.65. The summed E-state index contributed by atoms with van der Waals surface area (Å²) in [5.74, 6) is 0. The molecule has 0 fully saturated rings. The van der Waals surface area contributed by atoms with E-state index in [9.17, 15) is 18.0 Å². The molecule has 0 spiro atoms. The van der Waals surface area contributed by atoms with E-state index < -0.39 is 55.4 Å². The molecule has 0 saturated heterocycles. The van der Waals surface area contributed by atoms with E-state index in [2.05, 4.69) is 6.58 Å². The Morgan fingerprint density at radius 1 is 1.44 bits per heavy atom. The number of carbonyl (C=O) groups excluding carboxylic acids is 1. The molecule has 0 aliphatic carbocycles. The Hall–Kier alpha value is 0.668. The maximum atomic E-state index is 11.4. The van der Waals surface area contributed by atoms with Gasteiger partial charge in [0.15, 0.2) is 0 Å². The summed E-state index contributed by atoms with van der Waals surface area (Å²) in [5.41, 5.74) is -1.20. The van der Waals surface area contributed by atoms with Gasteiger partial charge in [0.2, 0.25) is 0 Å². The van der Waals surface area contributed by atoms with Crippen LogP contribution >= 0.6 is 0 Å². The molecule has 0 aliphatic rings. The van der Waals surface area contributed by atoms with Gasteiger partial charge < -0.3 is 0 Å². The van der Waals surface area contributed by atoms with Crippen molar-refractivity contribution >= 4 is 0.824 Å². The third-order valence-corrected chi connectivity index (χ3v) is 3.25. The van der Waals surface area contributed by atoms with E-state index in [4.69, 9.17) is 0 Å². The van der Waals surface area contributed by atoms with Crippen molar-refractivity contribution in [2.24, 2.45) is 0 Å². The molecule has 0 amide bonds. The molecule has 1 nitrogen and oxygen atoms in total. The average molecular weight is 350 g/mol. The quantitative estimate of drug-likeness (QED) is 0.643. The number of halogens is 3. The van der Waals surface area contributed by atoms with E-state index in [0.29, 0.717) is 0 Å². The van der Waals surface area contributed by atoms with Crippen LogP contribution in [0.1, 0.15) is 0 Å². The summed E-state index contributed by atoms with van der Waals surface area (Å²) in [6.07, 6.45) is -4.51. The normalized spacial score (nSPS) is 10.9. The minimum atomic E-state index is -4.51. The Kier molecular flexibility index (Phi) is 3.41. The standard InChI is InChI=1S/C4H2F3O.Ra.H/c1-3(2-8)4(5,6)7;;/h1H2;;. The Morgan fingerprint density at radius 3 is 1.78 bits per heavy atom. The number of hydrogen-bond donors (Lipinski definition) is 0. The summed E-state index contributed by atoms with van der Waals surface area (Å²) in [6, 6.07) is 0. The summed E-state index contributed by atoms with van der Waals surface area (Å²) >= 11 is -0.748. The summed E-state index contributed by atoms with van der Waals surface area (Å²) in [4.78, 5) is 10.1. The van der Waals surface area contributed by atoms with Gasteiger partial charge in [0.05, 0.1) is 0 Å². The fourth-order valence-electron chi connectivity index (χ4n) is 0.200. The number of alkyl halides is 3. The van der Waals surface area contributed by atoms with Crippen molar-refractivity contribution < 1.29 is 60.8 Å². The van der Waals surface area contributed by atoms with Crippen molar-refractivity contribution in [3.63, 3.8) is 0 Å². The van der Waals surface area contributed by atoms with Gasteiger partial charge in [0, 0.05) is 0 Å². The molecule has 0 bridgehead atoms. The van der Waals surface area contributed by atoms with E-state index >= 15 is 0 Å². The first-order valence-electron chi connectivity index (χ1n) is 2.12. The zero-order valence-electron chi connectivity index (χ0n) is 4.75. The second kappa shape index (κ2) is 3.18. The van der Waals surface area contributed by atoms with Crippen LogP contribution in [0, 0.1) is 42.8 Å². The molecule has 5 heteroatoms. The Labute approximate surface area is 79.1 Å². The maximum absolute atomic E-state index is 11.4. The number of hydrogen-bond acceptors (Lipinski definition) is 1. The van der Waals surface area contributed by atoms with Crippen molar-refractivity contribution in [3.8, 4) is 0 Å². The van der Waals surface area contributed by atoms with Crippen LogP contribution in [0.15, 0.2) is 12.2 Å². The monoisotopic (exact) mass is 350 g/mol. The van der Waals surface area contributed by atoms with Gasteiger partial charge in [-0.1, -0.05) is 0 Å². The fraction of sp³-hybridized carbons (Fsp3) is 0.250. The summed E-state index contributed by atoms with van der Waals surface area (Å²) in [7, 11) is 0. The molecule has 0 N–H and O–H groups in total. The van der Waals surface area contributed by atoms with Crippen LogP contribution < -0.4 is 0 Å². The van der Waals surface area contributed by atoms with Gasteiger partial charge in [-0.15, -0.1) is 0 Å². The second-order valence-corrected chi connectivity index (χ2v) is 5.27. The second-order valence-electron chi connectivity index (χ2n) is 1.53. The van der Waals surface area contributed by atoms with Gasteiger partial charge in [-0.2, -0.15) is 0 Å². The molecule has 0 aromatic carbocycles. The minimum absolute atomic E-state index is 0.748. The van der Waals surface area contributed by atoms with Crippen LogP contribution in [-0.2, 0) is 4.79 Å². The molecule has 48 valence electrons. The van der Waals surface area contributed by atoms with Crippen LogP contribution in [0.25, 0.3) is 0 Å². The Bertz CT molecular complexity index is 148. The van der Waals surface area contributed by atoms with Gasteiger partial charge in [-0.3, -0.25) is 0 Å². The molecular formula is C4H3F3ORa. The number of rotatable bonds is 1. The molecule has 0 atom stereocenters. The predicted molar refractivity (Wildman–Crippen MR) is 21.6 cm³/mol. The molecule has 0 aromatic rings. The van der Waals surface area contributed by atoms with Crippen LogP contribution in [-0.4, -0.2) is 7.00 Å². The van der Waals surface area contributed by atoms with Crippen LogP contribution in [0.3, 0.4) is 0 Å². The Morgan fingerprint density at radius 2 is 1.78 bits per heavy atom. The number of allylic oxidation sites excluding steroid dienone is 1. The average Bonchev–Trinajstić information content (AvgIpc) is 1.62. The summed E-state index contributed by atoms with van der Waals surface area (Å²) in [5, 5.41) is 0. The van der Waals surface area contributed by atoms with Gasteiger partial charge in [0.25, 0.3) is 0 Å². The van der Waals surface area contributed by atoms with Crippen molar-refractivity contribution in [2.75, 3.05) is 0 Å². The van der Waals surface area contributed by atoms with Crippen molar-refractivity contribution in [1.29, 1.82) is 0 Å². The number of carbonyl (C=O) groups is 1. The predicted octanol–water partition coefficient (Wildman–Crippen LogP) is 0.913. The van der Waals surface area contributed by atoms with Gasteiger partial charge in [-0.05, 0) is 0 Å². The van der Waals surface area contributed by atoms with Crippen LogP contribution in [0.5, 0.6) is 0 Å². The summed E-state index contributed by atoms with van der Waals surface area (Å²) in [6.45, 7) is 2.61. The Balaban J connectivity index is 4.23. The molecule has 0 aliphatic heterocycles. The topological polar surface area (TPSA) is 17.1 Å². The van der Waals surface area contributed by atoms with Crippen molar-refractivity contribution in [1.82, 2.24) is 0 Å². The summed E-state index contributed by atoms with van der Waals surface area (Å²) < 4.78 is 33.4. The molecule has 0 heterocycles. The van der Waals surface area contributed by atoms with Crippen LogP contribution in [0.4, 0.5) is 13.2 Å². The first-order valence-corrected chi connectivity index (χ1v) is 6.23. The van der Waals surface area contributed by atoms with Gasteiger partial charge in [-0.25, -0.2) is 0 Å². The van der Waals surface area contributed by atoms with E-state index in [1.165, 1.54) is 0 Å². The zero-order valence-corrected chi connectivity index (χ0v) is 13.0. The molecule has 9 heavy (non-hydrogen) atoms. The van der Waals surface area contributed by atoms with Crippen molar-refractivity contribution in [3.05, 3.63) is 12.2 Å². The molecular weight excluding hydrogens is 347 g/mol. The van der Waals surface area contributed by atoms with E-state index in [-0.39, 0.29) is 0 Å². The molecule has 0 radical (unpaired) electrons. The first kappa shape index (κ1) is 9.67. The fourth-order valence-corrected chi connectivity index (χ4v) is 1.36.